The van der Waals surface area contributed by atoms with Crippen molar-refractivity contribution in [3.63, 3.8) is 0 Å². The van der Waals surface area contributed by atoms with Gasteiger partial charge in [0.25, 0.3) is 0 Å². The minimum Gasteiger partial charge on any atom is -0.0891 e. The van der Waals surface area contributed by atoms with Gasteiger partial charge in [-0.1, -0.05) is 110 Å². The van der Waals surface area contributed by atoms with Crippen molar-refractivity contribution < 1.29 is 0 Å². The number of halogens is 1. The first-order valence-electron chi connectivity index (χ1n) is 10.1. The van der Waals surface area contributed by atoms with E-state index in [2.05, 4.69) is 22.9 Å². The standard InChI is InChI=1S/C19H37BrSi2/c1-2-3-5-12-21-14-8-18(9-15-21)7-4-6-13-22-16-10-19(20)11-17-22/h18-19H,2-17H2,1H3. The smallest absolute Gasteiger partial charge is 0.0479 e. The summed E-state index contributed by atoms with van der Waals surface area (Å²) in [5.74, 6) is 1.12. The molecule has 0 amide bonds. The van der Waals surface area contributed by atoms with E-state index in [1.807, 2.05) is 0 Å². The molecule has 0 bridgehead atoms. The second kappa shape index (κ2) is 11.5. The van der Waals surface area contributed by atoms with E-state index in [1.165, 1.54) is 32.1 Å². The zero-order valence-corrected chi connectivity index (χ0v) is 18.4. The molecule has 3 heteroatoms. The van der Waals surface area contributed by atoms with Crippen LogP contribution in [-0.4, -0.2) is 22.4 Å². The Hall–Kier alpha value is 0.914. The quantitative estimate of drug-likeness (QED) is 0.216. The molecule has 128 valence electrons. The zero-order valence-electron chi connectivity index (χ0n) is 14.8. The fourth-order valence-corrected chi connectivity index (χ4v) is 11.7. The van der Waals surface area contributed by atoms with Gasteiger partial charge in [0.05, 0.1) is 0 Å². The van der Waals surface area contributed by atoms with Crippen LogP contribution in [0.4, 0.5) is 0 Å². The summed E-state index contributed by atoms with van der Waals surface area (Å²) in [6.07, 6.45) is 15.2. The first kappa shape index (κ1) is 19.2. The van der Waals surface area contributed by atoms with Crippen LogP contribution in [0, 0.1) is 5.92 Å². The van der Waals surface area contributed by atoms with Gasteiger partial charge in [0, 0.05) is 22.4 Å². The van der Waals surface area contributed by atoms with Gasteiger partial charge < -0.3 is 0 Å². The Morgan fingerprint density at radius 1 is 0.773 bits per heavy atom. The van der Waals surface area contributed by atoms with E-state index in [0.29, 0.717) is 0 Å². The van der Waals surface area contributed by atoms with Crippen molar-refractivity contribution in [2.24, 2.45) is 5.92 Å². The van der Waals surface area contributed by atoms with Crippen molar-refractivity contribution in [1.82, 2.24) is 0 Å². The maximum absolute atomic E-state index is 3.79. The summed E-state index contributed by atoms with van der Waals surface area (Å²) < 4.78 is 0. The van der Waals surface area contributed by atoms with Gasteiger partial charge in [-0.2, -0.15) is 0 Å². The zero-order chi connectivity index (χ0) is 15.6. The third-order valence-corrected chi connectivity index (χ3v) is 13.0. The molecule has 0 N–H and O–H groups in total. The molecule has 0 saturated carbocycles. The molecule has 2 rings (SSSR count). The molecule has 22 heavy (non-hydrogen) atoms. The molecule has 0 aromatic carbocycles. The van der Waals surface area contributed by atoms with E-state index >= 15 is 0 Å². The number of unbranched alkanes of at least 4 members (excludes halogenated alkanes) is 3. The Kier molecular flexibility index (Phi) is 10.0. The molecule has 2 aliphatic heterocycles. The van der Waals surface area contributed by atoms with Gasteiger partial charge in [0.2, 0.25) is 0 Å². The van der Waals surface area contributed by atoms with Crippen LogP contribution < -0.4 is 0 Å². The molecule has 0 unspecified atom stereocenters. The van der Waals surface area contributed by atoms with Gasteiger partial charge >= 0.3 is 0 Å². The summed E-state index contributed by atoms with van der Waals surface area (Å²) in [6, 6.07) is 9.75. The molecular formula is C19H37BrSi2. The summed E-state index contributed by atoms with van der Waals surface area (Å²) in [4.78, 5) is 0.858. The van der Waals surface area contributed by atoms with Gasteiger partial charge in [-0.25, -0.2) is 0 Å². The highest BCUT2D eigenvalue weighted by atomic mass is 79.9. The van der Waals surface area contributed by atoms with E-state index in [0.717, 1.165) is 10.7 Å². The lowest BCUT2D eigenvalue weighted by molar-refractivity contribution is 0.421. The molecule has 0 spiro atoms. The SMILES string of the molecule is CCCCC[Si]1CCC(CCCC[Si]2CCC(Br)CC2)CC1. The first-order valence-corrected chi connectivity index (χ1v) is 15.2. The predicted octanol–water partition coefficient (Wildman–Crippen LogP) is 7.30. The van der Waals surface area contributed by atoms with Crippen molar-refractivity contribution in [2.45, 2.75) is 112 Å². The molecule has 0 aromatic heterocycles. The Morgan fingerprint density at radius 3 is 1.91 bits per heavy atom. The molecule has 2 saturated heterocycles. The van der Waals surface area contributed by atoms with Gasteiger partial charge in [-0.3, -0.25) is 0 Å². The van der Waals surface area contributed by atoms with Crippen molar-refractivity contribution in [3.8, 4) is 0 Å². The minimum absolute atomic E-state index is 0.0707. The van der Waals surface area contributed by atoms with Gasteiger partial charge in [-0.15, -0.1) is 0 Å². The van der Waals surface area contributed by atoms with Gasteiger partial charge in [0.15, 0.2) is 0 Å². The van der Waals surface area contributed by atoms with Crippen LogP contribution in [0.5, 0.6) is 0 Å². The fraction of sp³-hybridized carbons (Fsp3) is 1.00. The van der Waals surface area contributed by atoms with Crippen LogP contribution in [0.2, 0.25) is 36.3 Å². The maximum atomic E-state index is 3.79. The largest absolute Gasteiger partial charge is 0.0891 e. The average Bonchev–Trinajstić information content (AvgIpc) is 2.55. The van der Waals surface area contributed by atoms with Crippen LogP contribution in [0.3, 0.4) is 0 Å². The molecule has 2 radical (unpaired) electrons. The van der Waals surface area contributed by atoms with Crippen molar-refractivity contribution in [2.75, 3.05) is 0 Å². The summed E-state index contributed by atoms with van der Waals surface area (Å²) in [7, 11) is 0.166. The third kappa shape index (κ3) is 7.66. The third-order valence-electron chi connectivity index (χ3n) is 5.96. The average molecular weight is 402 g/mol. The highest BCUT2D eigenvalue weighted by Crippen LogP contribution is 2.32. The predicted molar refractivity (Wildman–Crippen MR) is 108 cm³/mol. The summed E-state index contributed by atoms with van der Waals surface area (Å²) in [5.41, 5.74) is 0. The van der Waals surface area contributed by atoms with Crippen molar-refractivity contribution in [1.29, 1.82) is 0 Å². The number of rotatable bonds is 9. The fourth-order valence-electron chi connectivity index (χ4n) is 4.30. The molecular weight excluding hydrogens is 364 g/mol. The van der Waals surface area contributed by atoms with Crippen LogP contribution in [-0.2, 0) is 0 Å². The molecule has 0 atom stereocenters. The van der Waals surface area contributed by atoms with E-state index < -0.39 is 0 Å². The number of alkyl halides is 1. The number of hydrogen-bond acceptors (Lipinski definition) is 0. The summed E-state index contributed by atoms with van der Waals surface area (Å²) in [6.45, 7) is 2.34. The van der Waals surface area contributed by atoms with Crippen LogP contribution in [0.25, 0.3) is 0 Å². The molecule has 0 aromatic rings. The van der Waals surface area contributed by atoms with Crippen LogP contribution in [0.1, 0.15) is 71.1 Å². The lowest BCUT2D eigenvalue weighted by Crippen LogP contribution is -2.22. The molecule has 2 fully saturated rings. The molecule has 2 aliphatic rings. The van der Waals surface area contributed by atoms with E-state index in [-0.39, 0.29) is 17.6 Å². The Morgan fingerprint density at radius 2 is 1.32 bits per heavy atom. The van der Waals surface area contributed by atoms with E-state index in [9.17, 15) is 0 Å². The lowest BCUT2D eigenvalue weighted by atomic mass is 9.96. The van der Waals surface area contributed by atoms with E-state index in [1.54, 1.807) is 68.4 Å². The van der Waals surface area contributed by atoms with Gasteiger partial charge in [0.1, 0.15) is 0 Å². The van der Waals surface area contributed by atoms with Crippen LogP contribution in [0.15, 0.2) is 0 Å². The van der Waals surface area contributed by atoms with Gasteiger partial charge in [-0.05, 0) is 18.8 Å². The first-order chi connectivity index (χ1) is 10.8. The monoisotopic (exact) mass is 400 g/mol. The highest BCUT2D eigenvalue weighted by molar-refractivity contribution is 9.09. The Labute approximate surface area is 151 Å². The van der Waals surface area contributed by atoms with Crippen molar-refractivity contribution in [3.05, 3.63) is 0 Å². The Balaban J connectivity index is 1.45. The normalized spacial score (nSPS) is 23.2. The number of hydrogen-bond donors (Lipinski definition) is 0. The van der Waals surface area contributed by atoms with Crippen molar-refractivity contribution >= 4 is 33.5 Å². The highest BCUT2D eigenvalue weighted by Gasteiger charge is 2.23. The minimum atomic E-state index is 0.0707. The maximum Gasteiger partial charge on any atom is 0.0479 e. The summed E-state index contributed by atoms with van der Waals surface area (Å²) >= 11 is 3.79. The second-order valence-electron chi connectivity index (χ2n) is 7.82. The van der Waals surface area contributed by atoms with Crippen LogP contribution >= 0.6 is 15.9 Å². The Bertz CT molecular complexity index is 269. The van der Waals surface area contributed by atoms with E-state index in [4.69, 9.17) is 0 Å². The lowest BCUT2D eigenvalue weighted by Gasteiger charge is -2.28. The molecule has 2 heterocycles. The molecule has 0 aliphatic carbocycles. The second-order valence-corrected chi connectivity index (χ2v) is 15.1. The summed E-state index contributed by atoms with van der Waals surface area (Å²) in [5, 5.41) is 0. The molecule has 0 nitrogen and oxygen atoms in total. The topological polar surface area (TPSA) is 0 Å².